The maximum atomic E-state index is 12.7. The van der Waals surface area contributed by atoms with Crippen LogP contribution in [-0.2, 0) is 11.3 Å². The van der Waals surface area contributed by atoms with Gasteiger partial charge in [0.05, 0.1) is 20.2 Å². The third-order valence-corrected chi connectivity index (χ3v) is 5.46. The number of amides is 3. The van der Waals surface area contributed by atoms with E-state index in [9.17, 15) is 14.7 Å². The summed E-state index contributed by atoms with van der Waals surface area (Å²) in [6.07, 6.45) is 1.85. The van der Waals surface area contributed by atoms with Gasteiger partial charge in [0.2, 0.25) is 0 Å². The minimum atomic E-state index is -0.924. The SMILES string of the molecule is COc1ccc(OCC(O)CN2C(=NCc3cccnc3)NC3C2C(=O)NC(=O)N3C)cc1. The molecule has 0 spiro atoms. The Hall–Kier alpha value is -3.86. The second kappa shape index (κ2) is 9.74. The third-order valence-electron chi connectivity index (χ3n) is 5.46. The quantitative estimate of drug-likeness (QED) is 0.515. The largest absolute Gasteiger partial charge is 0.497 e. The third kappa shape index (κ3) is 4.98. The molecule has 11 nitrogen and oxygen atoms in total. The zero-order chi connectivity index (χ0) is 23.4. The molecule has 2 saturated heterocycles. The number of fused-ring (bicyclic) bond motifs is 1. The summed E-state index contributed by atoms with van der Waals surface area (Å²) < 4.78 is 10.8. The van der Waals surface area contributed by atoms with Gasteiger partial charge in [0.25, 0.3) is 5.91 Å². The first-order valence-corrected chi connectivity index (χ1v) is 10.5. The molecule has 2 aromatic rings. The van der Waals surface area contributed by atoms with Gasteiger partial charge in [0, 0.05) is 19.4 Å². The summed E-state index contributed by atoms with van der Waals surface area (Å²) in [6, 6.07) is 9.49. The Morgan fingerprint density at radius 1 is 1.21 bits per heavy atom. The van der Waals surface area contributed by atoms with E-state index in [1.807, 2.05) is 12.1 Å². The molecule has 3 unspecified atom stereocenters. The Labute approximate surface area is 191 Å². The monoisotopic (exact) mass is 454 g/mol. The lowest BCUT2D eigenvalue weighted by molar-refractivity contribution is -0.127. The number of ether oxygens (including phenoxy) is 2. The van der Waals surface area contributed by atoms with Gasteiger partial charge in [-0.1, -0.05) is 6.07 Å². The number of rotatable bonds is 8. The number of carbonyl (C=O) groups excluding carboxylic acids is 2. The molecule has 0 aliphatic carbocycles. The zero-order valence-electron chi connectivity index (χ0n) is 18.3. The highest BCUT2D eigenvalue weighted by molar-refractivity contribution is 6.04. The van der Waals surface area contributed by atoms with Gasteiger partial charge in [-0.3, -0.25) is 15.1 Å². The van der Waals surface area contributed by atoms with E-state index in [1.165, 1.54) is 4.90 Å². The molecule has 0 saturated carbocycles. The molecular weight excluding hydrogens is 428 g/mol. The molecule has 3 atom stereocenters. The number of nitrogens with zero attached hydrogens (tertiary/aromatic N) is 4. The predicted octanol–water partition coefficient (Wildman–Crippen LogP) is 0.168. The maximum Gasteiger partial charge on any atom is 0.325 e. The smallest absolute Gasteiger partial charge is 0.325 e. The molecule has 3 amide bonds. The Bertz CT molecular complexity index is 1020. The summed E-state index contributed by atoms with van der Waals surface area (Å²) in [6.45, 7) is 0.405. The number of guanidine groups is 1. The summed E-state index contributed by atoms with van der Waals surface area (Å²) in [4.78, 5) is 36.5. The van der Waals surface area contributed by atoms with Crippen molar-refractivity contribution in [3.05, 3.63) is 54.4 Å². The number of imide groups is 1. The number of carbonyl (C=O) groups is 2. The number of β-amino-alcohol motifs (C(OH)–C–C–N with tert-alkyl or cyclic N) is 1. The number of aliphatic imine (C=N–C) groups is 1. The molecule has 2 aliphatic heterocycles. The summed E-state index contributed by atoms with van der Waals surface area (Å²) in [5.41, 5.74) is 0.888. The molecule has 174 valence electrons. The van der Waals surface area contributed by atoms with E-state index in [-0.39, 0.29) is 13.2 Å². The highest BCUT2D eigenvalue weighted by Crippen LogP contribution is 2.22. The lowest BCUT2D eigenvalue weighted by Gasteiger charge is -2.35. The second-order valence-corrected chi connectivity index (χ2v) is 7.73. The fraction of sp³-hybridized carbons (Fsp3) is 0.364. The van der Waals surface area contributed by atoms with Crippen LogP contribution >= 0.6 is 0 Å². The summed E-state index contributed by atoms with van der Waals surface area (Å²) in [5, 5.41) is 16.2. The standard InChI is InChI=1S/C22H26N6O5/c1-27-19-18(20(30)26-22(27)31)28(21(25-19)24-11-14-4-3-9-23-10-14)12-15(29)13-33-17-7-5-16(32-2)6-8-17/h3-10,15,18-19,29H,11-13H2,1-2H3,(H,24,25)(H,26,30,31). The van der Waals surface area contributed by atoms with Crippen molar-refractivity contribution in [3.8, 4) is 11.5 Å². The number of aliphatic hydroxyl groups is 1. The van der Waals surface area contributed by atoms with Crippen molar-refractivity contribution in [2.75, 3.05) is 27.3 Å². The first-order valence-electron chi connectivity index (χ1n) is 10.5. The second-order valence-electron chi connectivity index (χ2n) is 7.73. The number of pyridine rings is 1. The Morgan fingerprint density at radius 3 is 2.67 bits per heavy atom. The van der Waals surface area contributed by atoms with Crippen LogP contribution in [0, 0.1) is 0 Å². The topological polar surface area (TPSA) is 129 Å². The number of likely N-dealkylation sites (N-methyl/N-ethyl adjacent to an activating group) is 1. The Morgan fingerprint density at radius 2 is 1.97 bits per heavy atom. The van der Waals surface area contributed by atoms with Gasteiger partial charge in [-0.2, -0.15) is 0 Å². The Kier molecular flexibility index (Phi) is 6.59. The molecule has 0 radical (unpaired) electrons. The lowest BCUT2D eigenvalue weighted by Crippen LogP contribution is -2.65. The predicted molar refractivity (Wildman–Crippen MR) is 119 cm³/mol. The molecule has 1 aromatic heterocycles. The first kappa shape index (κ1) is 22.3. The van der Waals surface area contributed by atoms with E-state index in [0.717, 1.165) is 5.56 Å². The number of methoxy groups -OCH3 is 1. The summed E-state index contributed by atoms with van der Waals surface area (Å²) >= 11 is 0. The average molecular weight is 454 g/mol. The van der Waals surface area contributed by atoms with E-state index >= 15 is 0 Å². The molecule has 33 heavy (non-hydrogen) atoms. The molecule has 3 heterocycles. The number of aromatic nitrogens is 1. The molecular formula is C22H26N6O5. The van der Waals surface area contributed by atoms with E-state index in [4.69, 9.17) is 9.47 Å². The number of aliphatic hydroxyl groups excluding tert-OH is 1. The van der Waals surface area contributed by atoms with Crippen molar-refractivity contribution in [1.82, 2.24) is 25.4 Å². The van der Waals surface area contributed by atoms with Gasteiger partial charge in [-0.25, -0.2) is 9.79 Å². The van der Waals surface area contributed by atoms with Crippen LogP contribution in [0.4, 0.5) is 4.79 Å². The molecule has 3 N–H and O–H groups in total. The van der Waals surface area contributed by atoms with Gasteiger partial charge in [-0.15, -0.1) is 0 Å². The number of benzene rings is 1. The van der Waals surface area contributed by atoms with Gasteiger partial charge < -0.3 is 29.7 Å². The van der Waals surface area contributed by atoms with Crippen LogP contribution in [0.2, 0.25) is 0 Å². The van der Waals surface area contributed by atoms with Crippen molar-refractivity contribution in [2.45, 2.75) is 24.9 Å². The molecule has 0 bridgehead atoms. The van der Waals surface area contributed by atoms with E-state index in [1.54, 1.807) is 55.7 Å². The maximum absolute atomic E-state index is 12.7. The number of hydrogen-bond acceptors (Lipinski definition) is 7. The fourth-order valence-electron chi connectivity index (χ4n) is 3.72. The van der Waals surface area contributed by atoms with Crippen LogP contribution in [0.3, 0.4) is 0 Å². The van der Waals surface area contributed by atoms with E-state index in [0.29, 0.717) is 24.0 Å². The van der Waals surface area contributed by atoms with Crippen molar-refractivity contribution >= 4 is 17.9 Å². The van der Waals surface area contributed by atoms with Crippen LogP contribution < -0.4 is 20.1 Å². The minimum absolute atomic E-state index is 0.00644. The van der Waals surface area contributed by atoms with Gasteiger partial charge in [0.1, 0.15) is 30.4 Å². The van der Waals surface area contributed by atoms with Crippen molar-refractivity contribution < 1.29 is 24.2 Å². The summed E-state index contributed by atoms with van der Waals surface area (Å²) in [7, 11) is 3.18. The van der Waals surface area contributed by atoms with Gasteiger partial charge >= 0.3 is 6.03 Å². The van der Waals surface area contributed by atoms with Gasteiger partial charge in [0.15, 0.2) is 12.0 Å². The first-order chi connectivity index (χ1) is 16.0. The van der Waals surface area contributed by atoms with Gasteiger partial charge in [-0.05, 0) is 35.9 Å². The number of urea groups is 1. The summed E-state index contributed by atoms with van der Waals surface area (Å²) in [5.74, 6) is 1.24. The lowest BCUT2D eigenvalue weighted by atomic mass is 10.1. The van der Waals surface area contributed by atoms with Crippen molar-refractivity contribution in [1.29, 1.82) is 0 Å². The Balaban J connectivity index is 1.48. The van der Waals surface area contributed by atoms with Crippen LogP contribution in [-0.4, -0.2) is 83.4 Å². The molecule has 11 heteroatoms. The van der Waals surface area contributed by atoms with Crippen molar-refractivity contribution in [3.63, 3.8) is 0 Å². The van der Waals surface area contributed by atoms with E-state index in [2.05, 4.69) is 20.6 Å². The highest BCUT2D eigenvalue weighted by Gasteiger charge is 2.50. The van der Waals surface area contributed by atoms with Crippen molar-refractivity contribution in [2.24, 2.45) is 4.99 Å². The van der Waals surface area contributed by atoms with Crippen LogP contribution in [0.15, 0.2) is 53.8 Å². The number of hydrogen-bond donors (Lipinski definition) is 3. The average Bonchev–Trinajstić information content (AvgIpc) is 3.19. The molecule has 4 rings (SSSR count). The number of nitrogens with one attached hydrogen (secondary N) is 2. The molecule has 2 aliphatic rings. The van der Waals surface area contributed by atoms with Crippen LogP contribution in [0.25, 0.3) is 0 Å². The minimum Gasteiger partial charge on any atom is -0.497 e. The van der Waals surface area contributed by atoms with E-state index < -0.39 is 30.2 Å². The van der Waals surface area contributed by atoms with Crippen LogP contribution in [0.1, 0.15) is 5.56 Å². The fourth-order valence-corrected chi connectivity index (χ4v) is 3.72. The zero-order valence-corrected chi connectivity index (χ0v) is 18.3. The highest BCUT2D eigenvalue weighted by atomic mass is 16.5. The normalized spacial score (nSPS) is 22.0. The molecule has 2 fully saturated rings. The van der Waals surface area contributed by atoms with Crippen LogP contribution in [0.5, 0.6) is 11.5 Å². The molecule has 1 aromatic carbocycles.